The number of amides is 2. The Morgan fingerprint density at radius 3 is 2.54 bits per heavy atom. The van der Waals surface area contributed by atoms with Gasteiger partial charge in [-0.15, -0.1) is 0 Å². The molecule has 3 fully saturated rings. The number of urea groups is 1. The average molecular weight is 330 g/mol. The molecule has 3 aliphatic rings. The molecule has 2 aliphatic carbocycles. The quantitative estimate of drug-likeness (QED) is 0.866. The molecule has 1 N–H and O–H groups in total. The molecule has 5 heteroatoms. The second-order valence-electron chi connectivity index (χ2n) is 7.27. The highest BCUT2D eigenvalue weighted by Crippen LogP contribution is 2.40. The molecule has 0 aromatic heterocycles. The normalized spacial score (nSPS) is 24.5. The third-order valence-electron chi connectivity index (χ3n) is 5.21. The van der Waals surface area contributed by atoms with Gasteiger partial charge in [-0.1, -0.05) is 0 Å². The van der Waals surface area contributed by atoms with Crippen molar-refractivity contribution >= 4 is 11.7 Å². The summed E-state index contributed by atoms with van der Waals surface area (Å²) in [5.41, 5.74) is 0.823. The molecule has 0 bridgehead atoms. The Bertz CT molecular complexity index is 575. The number of hydrogen-bond acceptors (Lipinski definition) is 3. The van der Waals surface area contributed by atoms with Crippen LogP contribution >= 0.6 is 0 Å². The Morgan fingerprint density at radius 2 is 1.96 bits per heavy atom. The van der Waals surface area contributed by atoms with Crippen LogP contribution in [0, 0.1) is 5.92 Å². The lowest BCUT2D eigenvalue weighted by molar-refractivity contribution is 0.141. The highest BCUT2D eigenvalue weighted by atomic mass is 16.5. The number of rotatable bonds is 6. The van der Waals surface area contributed by atoms with Gasteiger partial charge in [-0.25, -0.2) is 4.79 Å². The summed E-state index contributed by atoms with van der Waals surface area (Å²) in [6.45, 7) is 3.62. The van der Waals surface area contributed by atoms with Crippen LogP contribution in [0.2, 0.25) is 0 Å². The molecular formula is C19H26N2O3. The first-order valence-electron chi connectivity index (χ1n) is 9.14. The minimum absolute atomic E-state index is 0.0368. The molecule has 0 spiro atoms. The van der Waals surface area contributed by atoms with Crippen molar-refractivity contribution in [2.75, 3.05) is 18.5 Å². The van der Waals surface area contributed by atoms with Gasteiger partial charge >= 0.3 is 6.03 Å². The summed E-state index contributed by atoms with van der Waals surface area (Å²) in [4.78, 5) is 14.8. The zero-order valence-corrected chi connectivity index (χ0v) is 14.2. The molecule has 5 nitrogen and oxygen atoms in total. The lowest BCUT2D eigenvalue weighted by Crippen LogP contribution is -2.44. The summed E-state index contributed by atoms with van der Waals surface area (Å²) in [7, 11) is 0. The summed E-state index contributed by atoms with van der Waals surface area (Å²) < 4.78 is 11.2. The van der Waals surface area contributed by atoms with E-state index in [1.54, 1.807) is 0 Å². The van der Waals surface area contributed by atoms with Gasteiger partial charge in [0.05, 0.1) is 13.2 Å². The number of hydrogen-bond donors (Lipinski definition) is 1. The number of carbonyl (C=O) groups is 1. The van der Waals surface area contributed by atoms with Crippen molar-refractivity contribution in [2.45, 2.75) is 57.2 Å². The summed E-state index contributed by atoms with van der Waals surface area (Å²) >= 11 is 0. The van der Waals surface area contributed by atoms with E-state index in [4.69, 9.17) is 9.47 Å². The van der Waals surface area contributed by atoms with Gasteiger partial charge in [0.25, 0.3) is 0 Å². The van der Waals surface area contributed by atoms with Crippen molar-refractivity contribution in [3.05, 3.63) is 24.3 Å². The van der Waals surface area contributed by atoms with Gasteiger partial charge in [0.1, 0.15) is 11.9 Å². The van der Waals surface area contributed by atoms with Crippen LogP contribution in [0.1, 0.15) is 39.0 Å². The van der Waals surface area contributed by atoms with Crippen LogP contribution in [0.15, 0.2) is 24.3 Å². The molecule has 2 saturated carbocycles. The van der Waals surface area contributed by atoms with Gasteiger partial charge in [-0.05, 0) is 62.8 Å². The topological polar surface area (TPSA) is 50.8 Å². The maximum Gasteiger partial charge on any atom is 0.322 e. The van der Waals surface area contributed by atoms with E-state index in [0.717, 1.165) is 37.3 Å². The minimum atomic E-state index is 0.0368. The molecule has 0 radical (unpaired) electrons. The molecule has 2 atom stereocenters. The van der Waals surface area contributed by atoms with Crippen molar-refractivity contribution in [3.63, 3.8) is 0 Å². The number of nitrogens with one attached hydrogen (secondary N) is 1. The zero-order valence-electron chi connectivity index (χ0n) is 14.2. The second-order valence-corrected chi connectivity index (χ2v) is 7.27. The van der Waals surface area contributed by atoms with E-state index in [2.05, 4.69) is 17.1 Å². The number of benzene rings is 1. The summed E-state index contributed by atoms with van der Waals surface area (Å²) in [6, 6.07) is 8.48. The fourth-order valence-corrected chi connectivity index (χ4v) is 3.44. The molecular weight excluding hydrogens is 304 g/mol. The summed E-state index contributed by atoms with van der Waals surface area (Å²) in [6.07, 6.45) is 5.88. The first kappa shape index (κ1) is 15.8. The molecule has 1 heterocycles. The van der Waals surface area contributed by atoms with Crippen LogP contribution < -0.4 is 10.1 Å². The monoisotopic (exact) mass is 330 g/mol. The van der Waals surface area contributed by atoms with E-state index >= 15 is 0 Å². The van der Waals surface area contributed by atoms with E-state index in [9.17, 15) is 4.79 Å². The van der Waals surface area contributed by atoms with Crippen molar-refractivity contribution in [1.82, 2.24) is 4.90 Å². The molecule has 1 aromatic carbocycles. The third-order valence-corrected chi connectivity index (χ3v) is 5.21. The van der Waals surface area contributed by atoms with Gasteiger partial charge in [-0.2, -0.15) is 0 Å². The van der Waals surface area contributed by atoms with Crippen LogP contribution in [0.25, 0.3) is 0 Å². The first-order chi connectivity index (χ1) is 11.7. The molecule has 4 rings (SSSR count). The maximum atomic E-state index is 12.7. The lowest BCUT2D eigenvalue weighted by atomic mass is 10.2. The number of nitrogens with zero attached hydrogens (tertiary/aromatic N) is 1. The molecule has 1 saturated heterocycles. The van der Waals surface area contributed by atoms with Crippen molar-refractivity contribution < 1.29 is 14.3 Å². The van der Waals surface area contributed by atoms with Gasteiger partial charge in [0.2, 0.25) is 0 Å². The van der Waals surface area contributed by atoms with E-state index in [0.29, 0.717) is 24.6 Å². The van der Waals surface area contributed by atoms with Crippen molar-refractivity contribution in [1.29, 1.82) is 0 Å². The molecule has 2 amide bonds. The predicted molar refractivity (Wildman–Crippen MR) is 92.4 cm³/mol. The predicted octanol–water partition coefficient (Wildman–Crippen LogP) is 3.65. The van der Waals surface area contributed by atoms with Crippen molar-refractivity contribution in [3.8, 4) is 5.75 Å². The van der Waals surface area contributed by atoms with Gasteiger partial charge in [0, 0.05) is 24.2 Å². The standard InChI is InChI=1S/C19H26N2O3/c1-13(14-2-3-14)21(16-6-7-16)19(22)20-15-4-8-17(9-5-15)24-18-10-11-23-12-18/h4-5,8-9,13-14,16,18H,2-3,6-7,10-12H2,1H3,(H,20,22). The minimum Gasteiger partial charge on any atom is -0.488 e. The first-order valence-corrected chi connectivity index (χ1v) is 9.14. The van der Waals surface area contributed by atoms with Crippen LogP contribution in [-0.2, 0) is 4.74 Å². The van der Waals surface area contributed by atoms with Gasteiger partial charge in [0.15, 0.2) is 0 Å². The Balaban J connectivity index is 1.35. The Hall–Kier alpha value is -1.75. The smallest absolute Gasteiger partial charge is 0.322 e. The fourth-order valence-electron chi connectivity index (χ4n) is 3.44. The Kier molecular flexibility index (Phi) is 4.35. The lowest BCUT2D eigenvalue weighted by Gasteiger charge is -2.29. The summed E-state index contributed by atoms with van der Waals surface area (Å²) in [5.74, 6) is 1.52. The highest BCUT2D eigenvalue weighted by Gasteiger charge is 2.41. The molecule has 1 aliphatic heterocycles. The average Bonchev–Trinajstić information content (AvgIpc) is 3.49. The number of anilines is 1. The SMILES string of the molecule is CC(C1CC1)N(C(=O)Nc1ccc(OC2CCOC2)cc1)C1CC1. The molecule has 2 unspecified atom stereocenters. The van der Waals surface area contributed by atoms with E-state index in [1.807, 2.05) is 24.3 Å². The van der Waals surface area contributed by atoms with Crippen LogP contribution in [0.3, 0.4) is 0 Å². The van der Waals surface area contributed by atoms with Crippen LogP contribution in [0.4, 0.5) is 10.5 Å². The second kappa shape index (κ2) is 6.63. The third kappa shape index (κ3) is 3.66. The van der Waals surface area contributed by atoms with E-state index < -0.39 is 0 Å². The number of ether oxygens (including phenoxy) is 2. The fraction of sp³-hybridized carbons (Fsp3) is 0.632. The highest BCUT2D eigenvalue weighted by molar-refractivity contribution is 5.90. The molecule has 24 heavy (non-hydrogen) atoms. The summed E-state index contributed by atoms with van der Waals surface area (Å²) in [5, 5.41) is 3.05. The van der Waals surface area contributed by atoms with Crippen LogP contribution in [0.5, 0.6) is 5.75 Å². The van der Waals surface area contributed by atoms with E-state index in [1.165, 1.54) is 12.8 Å². The van der Waals surface area contributed by atoms with E-state index in [-0.39, 0.29) is 12.1 Å². The van der Waals surface area contributed by atoms with Crippen molar-refractivity contribution in [2.24, 2.45) is 5.92 Å². The maximum absolute atomic E-state index is 12.7. The Morgan fingerprint density at radius 1 is 1.21 bits per heavy atom. The molecule has 130 valence electrons. The van der Waals surface area contributed by atoms with Crippen LogP contribution in [-0.4, -0.2) is 42.3 Å². The zero-order chi connectivity index (χ0) is 16.5. The largest absolute Gasteiger partial charge is 0.488 e. The molecule has 1 aromatic rings. The van der Waals surface area contributed by atoms with Gasteiger partial charge in [-0.3, -0.25) is 0 Å². The van der Waals surface area contributed by atoms with Gasteiger partial charge < -0.3 is 19.7 Å². The number of carbonyl (C=O) groups excluding carboxylic acids is 1. The Labute approximate surface area is 143 Å².